The molecule has 1 rings (SSSR count). The maximum Gasteiger partial charge on any atom is 0.234 e. The number of aliphatic hydroxyl groups is 1. The second-order valence-electron chi connectivity index (χ2n) is 3.92. The maximum atomic E-state index is 11.5. The second-order valence-corrected chi connectivity index (χ2v) is 3.92. The minimum Gasteiger partial charge on any atom is -0.392 e. The van der Waals surface area contributed by atoms with E-state index in [4.69, 9.17) is 9.84 Å². The number of ether oxygens (including phenoxy) is 1. The van der Waals surface area contributed by atoms with Crippen molar-refractivity contribution in [2.45, 2.75) is 13.2 Å². The lowest BCUT2D eigenvalue weighted by atomic mass is 10.1. The van der Waals surface area contributed by atoms with Crippen LogP contribution in [0.25, 0.3) is 0 Å². The van der Waals surface area contributed by atoms with Gasteiger partial charge in [-0.05, 0) is 11.1 Å². The largest absolute Gasteiger partial charge is 0.392 e. The van der Waals surface area contributed by atoms with Crippen LogP contribution >= 0.6 is 12.4 Å². The molecule has 0 unspecified atom stereocenters. The number of hydrogen-bond acceptors (Lipinski definition) is 4. The first-order valence-corrected chi connectivity index (χ1v) is 5.91. The minimum absolute atomic E-state index is 0. The van der Waals surface area contributed by atoms with Gasteiger partial charge in [0.2, 0.25) is 5.91 Å². The van der Waals surface area contributed by atoms with E-state index in [1.807, 2.05) is 24.3 Å². The van der Waals surface area contributed by atoms with Crippen molar-refractivity contribution in [3.05, 3.63) is 35.4 Å². The SMILES string of the molecule is COCCNCC(=O)NCc1cccc(CO)c1.Cl. The molecule has 108 valence electrons. The maximum absolute atomic E-state index is 11.5. The standard InChI is InChI=1S/C13H20N2O3.ClH/c1-18-6-5-14-9-13(17)15-8-11-3-2-4-12(7-11)10-16;/h2-4,7,14,16H,5-6,8-10H2,1H3,(H,15,17);1H. The summed E-state index contributed by atoms with van der Waals surface area (Å²) in [7, 11) is 1.62. The quantitative estimate of drug-likeness (QED) is 0.608. The number of methoxy groups -OCH3 is 1. The molecular formula is C13H21ClN2O3. The fourth-order valence-corrected chi connectivity index (χ4v) is 1.48. The van der Waals surface area contributed by atoms with Gasteiger partial charge in [0, 0.05) is 20.2 Å². The molecule has 0 fully saturated rings. The zero-order valence-electron chi connectivity index (χ0n) is 11.0. The van der Waals surface area contributed by atoms with Crippen molar-refractivity contribution in [2.24, 2.45) is 0 Å². The van der Waals surface area contributed by atoms with Gasteiger partial charge in [-0.15, -0.1) is 12.4 Å². The Hall–Kier alpha value is -1.14. The fourth-order valence-electron chi connectivity index (χ4n) is 1.48. The van der Waals surface area contributed by atoms with E-state index in [0.717, 1.165) is 11.1 Å². The zero-order chi connectivity index (χ0) is 13.2. The number of hydrogen-bond donors (Lipinski definition) is 3. The highest BCUT2D eigenvalue weighted by molar-refractivity contribution is 5.85. The molecule has 1 aromatic carbocycles. The highest BCUT2D eigenvalue weighted by Crippen LogP contribution is 2.04. The van der Waals surface area contributed by atoms with Crippen LogP contribution in [-0.2, 0) is 22.7 Å². The van der Waals surface area contributed by atoms with Gasteiger partial charge < -0.3 is 20.5 Å². The summed E-state index contributed by atoms with van der Waals surface area (Å²) in [5, 5.41) is 14.8. The van der Waals surface area contributed by atoms with Gasteiger partial charge >= 0.3 is 0 Å². The summed E-state index contributed by atoms with van der Waals surface area (Å²) in [5.74, 6) is -0.0551. The predicted molar refractivity (Wildman–Crippen MR) is 76.2 cm³/mol. The van der Waals surface area contributed by atoms with Crippen LogP contribution in [0.5, 0.6) is 0 Å². The van der Waals surface area contributed by atoms with E-state index in [2.05, 4.69) is 10.6 Å². The molecule has 0 aliphatic heterocycles. The summed E-state index contributed by atoms with van der Waals surface area (Å²) in [6.07, 6.45) is 0. The molecule has 3 N–H and O–H groups in total. The molecule has 0 radical (unpaired) electrons. The number of nitrogens with one attached hydrogen (secondary N) is 2. The molecule has 0 spiro atoms. The van der Waals surface area contributed by atoms with E-state index in [1.54, 1.807) is 7.11 Å². The van der Waals surface area contributed by atoms with E-state index < -0.39 is 0 Å². The number of carbonyl (C=O) groups is 1. The van der Waals surface area contributed by atoms with Gasteiger partial charge in [-0.2, -0.15) is 0 Å². The van der Waals surface area contributed by atoms with Crippen molar-refractivity contribution in [3.8, 4) is 0 Å². The molecule has 1 amide bonds. The summed E-state index contributed by atoms with van der Waals surface area (Å²) in [4.78, 5) is 11.5. The molecule has 1 aromatic rings. The van der Waals surface area contributed by atoms with Crippen LogP contribution in [0.1, 0.15) is 11.1 Å². The van der Waals surface area contributed by atoms with Gasteiger partial charge in [0.1, 0.15) is 0 Å². The van der Waals surface area contributed by atoms with E-state index in [0.29, 0.717) is 19.7 Å². The van der Waals surface area contributed by atoms with Crippen molar-refractivity contribution in [3.63, 3.8) is 0 Å². The van der Waals surface area contributed by atoms with E-state index in [9.17, 15) is 4.79 Å². The normalized spacial score (nSPS) is 9.79. The Kier molecular flexibility index (Phi) is 10.1. The molecule has 0 bridgehead atoms. The Morgan fingerprint density at radius 1 is 1.37 bits per heavy atom. The van der Waals surface area contributed by atoms with Gasteiger partial charge in [0.05, 0.1) is 19.8 Å². The number of benzene rings is 1. The van der Waals surface area contributed by atoms with Crippen LogP contribution in [0, 0.1) is 0 Å². The molecule has 0 aromatic heterocycles. The average Bonchev–Trinajstić information content (AvgIpc) is 2.41. The molecular weight excluding hydrogens is 268 g/mol. The van der Waals surface area contributed by atoms with Crippen LogP contribution < -0.4 is 10.6 Å². The third-order valence-electron chi connectivity index (χ3n) is 2.43. The van der Waals surface area contributed by atoms with Crippen LogP contribution in [0.4, 0.5) is 0 Å². The smallest absolute Gasteiger partial charge is 0.234 e. The Morgan fingerprint density at radius 3 is 2.79 bits per heavy atom. The summed E-state index contributed by atoms with van der Waals surface area (Å²) in [5.41, 5.74) is 1.83. The van der Waals surface area contributed by atoms with Gasteiger partial charge in [-0.25, -0.2) is 0 Å². The molecule has 0 aliphatic carbocycles. The van der Waals surface area contributed by atoms with E-state index in [-0.39, 0.29) is 31.5 Å². The van der Waals surface area contributed by atoms with Crippen molar-refractivity contribution in [1.82, 2.24) is 10.6 Å². The highest BCUT2D eigenvalue weighted by atomic mass is 35.5. The minimum atomic E-state index is -0.0551. The molecule has 0 aliphatic rings. The zero-order valence-corrected chi connectivity index (χ0v) is 11.8. The number of aliphatic hydroxyl groups excluding tert-OH is 1. The molecule has 0 saturated carbocycles. The van der Waals surface area contributed by atoms with Crippen LogP contribution in [0.3, 0.4) is 0 Å². The summed E-state index contributed by atoms with van der Waals surface area (Å²) >= 11 is 0. The summed E-state index contributed by atoms with van der Waals surface area (Å²) in [6, 6.07) is 7.50. The molecule has 0 saturated heterocycles. The number of rotatable bonds is 8. The average molecular weight is 289 g/mol. The lowest BCUT2D eigenvalue weighted by molar-refractivity contribution is -0.120. The highest BCUT2D eigenvalue weighted by Gasteiger charge is 2.01. The third kappa shape index (κ3) is 7.79. The van der Waals surface area contributed by atoms with Crippen molar-refractivity contribution >= 4 is 18.3 Å². The number of halogens is 1. The van der Waals surface area contributed by atoms with Crippen LogP contribution in [-0.4, -0.2) is 37.8 Å². The Bertz CT molecular complexity index is 375. The van der Waals surface area contributed by atoms with Crippen molar-refractivity contribution < 1.29 is 14.6 Å². The first-order chi connectivity index (χ1) is 8.76. The van der Waals surface area contributed by atoms with Gasteiger partial charge in [-0.1, -0.05) is 24.3 Å². The molecule has 0 heterocycles. The first kappa shape index (κ1) is 17.9. The molecule has 6 heteroatoms. The Balaban J connectivity index is 0.00000324. The Morgan fingerprint density at radius 2 is 2.11 bits per heavy atom. The van der Waals surface area contributed by atoms with E-state index >= 15 is 0 Å². The van der Waals surface area contributed by atoms with Crippen LogP contribution in [0.2, 0.25) is 0 Å². The van der Waals surface area contributed by atoms with E-state index in [1.165, 1.54) is 0 Å². The van der Waals surface area contributed by atoms with Gasteiger partial charge in [-0.3, -0.25) is 4.79 Å². The Labute approximate surface area is 119 Å². The number of amides is 1. The summed E-state index contributed by atoms with van der Waals surface area (Å²) < 4.78 is 4.86. The van der Waals surface area contributed by atoms with Crippen LogP contribution in [0.15, 0.2) is 24.3 Å². The fraction of sp³-hybridized carbons (Fsp3) is 0.462. The monoisotopic (exact) mass is 288 g/mol. The number of carbonyl (C=O) groups excluding carboxylic acids is 1. The lowest BCUT2D eigenvalue weighted by Gasteiger charge is -2.07. The topological polar surface area (TPSA) is 70.6 Å². The third-order valence-corrected chi connectivity index (χ3v) is 2.43. The summed E-state index contributed by atoms with van der Waals surface area (Å²) in [6.45, 7) is 2.01. The van der Waals surface area contributed by atoms with Gasteiger partial charge in [0.15, 0.2) is 0 Å². The molecule has 0 atom stereocenters. The predicted octanol–water partition coefficient (Wildman–Crippen LogP) is 0.453. The second kappa shape index (κ2) is 10.8. The first-order valence-electron chi connectivity index (χ1n) is 5.91. The molecule has 19 heavy (non-hydrogen) atoms. The molecule has 5 nitrogen and oxygen atoms in total. The van der Waals surface area contributed by atoms with Gasteiger partial charge in [0.25, 0.3) is 0 Å². The van der Waals surface area contributed by atoms with Crippen molar-refractivity contribution in [1.29, 1.82) is 0 Å². The lowest BCUT2D eigenvalue weighted by Crippen LogP contribution is -2.34. The van der Waals surface area contributed by atoms with Crippen molar-refractivity contribution in [2.75, 3.05) is 26.8 Å².